The number of methoxy groups -OCH3 is 1. The van der Waals surface area contributed by atoms with Crippen LogP contribution in [0, 0.1) is 6.92 Å². The standard InChI is InChI=1S/C22H21N3O3/c1-15-3-5-16(6-4-15)13-24-21(26)18-9-12-20(23-14-18)25-19-10-7-17(8-11-19)22(27)28-2/h3-12,14H,13H2,1-2H3,(H,23,25)(H,24,26). The van der Waals surface area contributed by atoms with E-state index in [0.717, 1.165) is 11.3 Å². The van der Waals surface area contributed by atoms with E-state index in [1.54, 1.807) is 36.4 Å². The predicted octanol–water partition coefficient (Wildman–Crippen LogP) is 3.85. The Hall–Kier alpha value is -3.67. The molecule has 2 N–H and O–H groups in total. The Morgan fingerprint density at radius 1 is 0.929 bits per heavy atom. The quantitative estimate of drug-likeness (QED) is 0.640. The molecule has 3 rings (SSSR count). The Bertz CT molecular complexity index is 950. The lowest BCUT2D eigenvalue weighted by Crippen LogP contribution is -2.22. The Morgan fingerprint density at radius 3 is 2.21 bits per heavy atom. The van der Waals surface area contributed by atoms with Crippen LogP contribution in [0.3, 0.4) is 0 Å². The number of anilines is 2. The summed E-state index contributed by atoms with van der Waals surface area (Å²) < 4.78 is 4.67. The highest BCUT2D eigenvalue weighted by atomic mass is 16.5. The number of pyridine rings is 1. The second-order valence-corrected chi connectivity index (χ2v) is 6.29. The first-order valence-electron chi connectivity index (χ1n) is 8.80. The van der Waals surface area contributed by atoms with Gasteiger partial charge in [0.05, 0.1) is 18.2 Å². The van der Waals surface area contributed by atoms with Crippen molar-refractivity contribution in [3.63, 3.8) is 0 Å². The Labute approximate surface area is 163 Å². The largest absolute Gasteiger partial charge is 0.465 e. The number of carbonyl (C=O) groups excluding carboxylic acids is 2. The first-order valence-corrected chi connectivity index (χ1v) is 8.80. The van der Waals surface area contributed by atoms with E-state index >= 15 is 0 Å². The van der Waals surface area contributed by atoms with Crippen molar-refractivity contribution >= 4 is 23.4 Å². The SMILES string of the molecule is COC(=O)c1ccc(Nc2ccc(C(=O)NCc3ccc(C)cc3)cn2)cc1. The second-order valence-electron chi connectivity index (χ2n) is 6.29. The molecule has 2 aromatic carbocycles. The molecule has 1 aromatic heterocycles. The van der Waals surface area contributed by atoms with E-state index < -0.39 is 0 Å². The zero-order chi connectivity index (χ0) is 19.9. The number of rotatable bonds is 6. The number of hydrogen-bond donors (Lipinski definition) is 2. The monoisotopic (exact) mass is 375 g/mol. The maximum atomic E-state index is 12.3. The van der Waals surface area contributed by atoms with Crippen LogP contribution in [0.4, 0.5) is 11.5 Å². The van der Waals surface area contributed by atoms with E-state index in [0.29, 0.717) is 23.5 Å². The molecular weight excluding hydrogens is 354 g/mol. The lowest BCUT2D eigenvalue weighted by atomic mass is 10.1. The molecule has 0 saturated carbocycles. The summed E-state index contributed by atoms with van der Waals surface area (Å²) in [4.78, 5) is 28.0. The lowest BCUT2D eigenvalue weighted by molar-refractivity contribution is 0.0600. The smallest absolute Gasteiger partial charge is 0.337 e. The topological polar surface area (TPSA) is 80.3 Å². The number of amides is 1. The fourth-order valence-corrected chi connectivity index (χ4v) is 2.55. The molecule has 1 heterocycles. The van der Waals surface area contributed by atoms with Gasteiger partial charge >= 0.3 is 5.97 Å². The zero-order valence-corrected chi connectivity index (χ0v) is 15.7. The molecule has 0 aliphatic carbocycles. The van der Waals surface area contributed by atoms with Gasteiger partial charge in [-0.3, -0.25) is 4.79 Å². The number of hydrogen-bond acceptors (Lipinski definition) is 5. The Morgan fingerprint density at radius 2 is 1.61 bits per heavy atom. The minimum Gasteiger partial charge on any atom is -0.465 e. The minimum absolute atomic E-state index is 0.179. The van der Waals surface area contributed by atoms with Gasteiger partial charge in [0.2, 0.25) is 0 Å². The minimum atomic E-state index is -0.384. The van der Waals surface area contributed by atoms with Gasteiger partial charge in [-0.05, 0) is 48.9 Å². The van der Waals surface area contributed by atoms with Crippen molar-refractivity contribution in [3.8, 4) is 0 Å². The Kier molecular flexibility index (Phi) is 6.01. The summed E-state index contributed by atoms with van der Waals surface area (Å²) in [7, 11) is 1.34. The van der Waals surface area contributed by atoms with E-state index in [1.807, 2.05) is 31.2 Å². The van der Waals surface area contributed by atoms with Crippen LogP contribution in [0.1, 0.15) is 31.8 Å². The van der Waals surface area contributed by atoms with Gasteiger partial charge in [0, 0.05) is 18.4 Å². The van der Waals surface area contributed by atoms with Crippen LogP contribution in [0.25, 0.3) is 0 Å². The molecule has 0 fully saturated rings. The van der Waals surface area contributed by atoms with Gasteiger partial charge in [0.25, 0.3) is 5.91 Å². The van der Waals surface area contributed by atoms with E-state index in [-0.39, 0.29) is 11.9 Å². The summed E-state index contributed by atoms with van der Waals surface area (Å²) in [6.07, 6.45) is 1.52. The molecule has 142 valence electrons. The molecule has 0 aliphatic rings. The van der Waals surface area contributed by atoms with Crippen molar-refractivity contribution in [2.75, 3.05) is 12.4 Å². The molecule has 0 unspecified atom stereocenters. The van der Waals surface area contributed by atoms with Crippen LogP contribution in [-0.4, -0.2) is 24.0 Å². The van der Waals surface area contributed by atoms with Crippen LogP contribution in [0.15, 0.2) is 66.9 Å². The number of nitrogens with one attached hydrogen (secondary N) is 2. The molecule has 0 aliphatic heterocycles. The number of esters is 1. The first kappa shape index (κ1) is 19.1. The van der Waals surface area contributed by atoms with E-state index in [2.05, 4.69) is 20.4 Å². The fraction of sp³-hybridized carbons (Fsp3) is 0.136. The number of benzene rings is 2. The van der Waals surface area contributed by atoms with E-state index in [4.69, 9.17) is 0 Å². The third-order valence-electron chi connectivity index (χ3n) is 4.18. The van der Waals surface area contributed by atoms with Crippen LogP contribution in [0.2, 0.25) is 0 Å². The average molecular weight is 375 g/mol. The van der Waals surface area contributed by atoms with Gasteiger partial charge in [-0.1, -0.05) is 29.8 Å². The van der Waals surface area contributed by atoms with Crippen molar-refractivity contribution in [2.24, 2.45) is 0 Å². The highest BCUT2D eigenvalue weighted by molar-refractivity contribution is 5.94. The summed E-state index contributed by atoms with van der Waals surface area (Å²) in [5.74, 6) is 0.0358. The van der Waals surface area contributed by atoms with E-state index in [1.165, 1.54) is 18.9 Å². The zero-order valence-electron chi connectivity index (χ0n) is 15.7. The van der Waals surface area contributed by atoms with Crippen LogP contribution in [-0.2, 0) is 11.3 Å². The van der Waals surface area contributed by atoms with Gasteiger partial charge in [-0.2, -0.15) is 0 Å². The molecule has 0 radical (unpaired) electrons. The summed E-state index contributed by atoms with van der Waals surface area (Å²) in [5, 5.41) is 6.01. The molecule has 28 heavy (non-hydrogen) atoms. The summed E-state index contributed by atoms with van der Waals surface area (Å²) in [6, 6.07) is 18.3. The third kappa shape index (κ3) is 4.94. The maximum absolute atomic E-state index is 12.3. The van der Waals surface area contributed by atoms with Gasteiger partial charge in [0.15, 0.2) is 0 Å². The van der Waals surface area contributed by atoms with Gasteiger partial charge in [-0.25, -0.2) is 9.78 Å². The van der Waals surface area contributed by atoms with Crippen molar-refractivity contribution < 1.29 is 14.3 Å². The molecule has 0 saturated heterocycles. The number of carbonyl (C=O) groups is 2. The van der Waals surface area contributed by atoms with Crippen LogP contribution >= 0.6 is 0 Å². The molecule has 6 heteroatoms. The number of aromatic nitrogens is 1. The first-order chi connectivity index (χ1) is 13.5. The molecule has 0 bridgehead atoms. The molecule has 0 spiro atoms. The van der Waals surface area contributed by atoms with Crippen molar-refractivity contribution in [1.82, 2.24) is 10.3 Å². The molecular formula is C22H21N3O3. The van der Waals surface area contributed by atoms with Gasteiger partial charge < -0.3 is 15.4 Å². The normalized spacial score (nSPS) is 10.2. The molecule has 1 amide bonds. The predicted molar refractivity (Wildman–Crippen MR) is 108 cm³/mol. The summed E-state index contributed by atoms with van der Waals surface area (Å²) in [6.45, 7) is 2.49. The van der Waals surface area contributed by atoms with Crippen molar-refractivity contribution in [3.05, 3.63) is 89.1 Å². The number of aryl methyl sites for hydroxylation is 1. The highest BCUT2D eigenvalue weighted by Crippen LogP contribution is 2.16. The van der Waals surface area contributed by atoms with Gasteiger partial charge in [0.1, 0.15) is 5.82 Å². The lowest BCUT2D eigenvalue weighted by Gasteiger charge is -2.08. The van der Waals surface area contributed by atoms with E-state index in [9.17, 15) is 9.59 Å². The number of ether oxygens (including phenoxy) is 1. The van der Waals surface area contributed by atoms with Crippen molar-refractivity contribution in [2.45, 2.75) is 13.5 Å². The van der Waals surface area contributed by atoms with Crippen LogP contribution < -0.4 is 10.6 Å². The maximum Gasteiger partial charge on any atom is 0.337 e. The fourth-order valence-electron chi connectivity index (χ4n) is 2.55. The Balaban J connectivity index is 1.57. The molecule has 0 atom stereocenters. The average Bonchev–Trinajstić information content (AvgIpc) is 2.73. The molecule has 3 aromatic rings. The van der Waals surface area contributed by atoms with Crippen molar-refractivity contribution in [1.29, 1.82) is 0 Å². The molecule has 6 nitrogen and oxygen atoms in total. The third-order valence-corrected chi connectivity index (χ3v) is 4.18. The summed E-state index contributed by atoms with van der Waals surface area (Å²) >= 11 is 0. The summed E-state index contributed by atoms with van der Waals surface area (Å²) in [5.41, 5.74) is 3.96. The van der Waals surface area contributed by atoms with Gasteiger partial charge in [-0.15, -0.1) is 0 Å². The number of nitrogens with zero attached hydrogens (tertiary/aromatic N) is 1. The second kappa shape index (κ2) is 8.81. The highest BCUT2D eigenvalue weighted by Gasteiger charge is 2.07. The van der Waals surface area contributed by atoms with Crippen LogP contribution in [0.5, 0.6) is 0 Å².